The van der Waals surface area contributed by atoms with Crippen LogP contribution in [0.2, 0.25) is 0 Å². The predicted octanol–water partition coefficient (Wildman–Crippen LogP) is 4.21. The quantitative estimate of drug-likeness (QED) is 0.863. The van der Waals surface area contributed by atoms with Crippen LogP contribution in [0.15, 0.2) is 24.3 Å². The lowest BCUT2D eigenvalue weighted by Gasteiger charge is -2.12. The first-order valence-corrected chi connectivity index (χ1v) is 7.37. The van der Waals surface area contributed by atoms with E-state index in [2.05, 4.69) is 66.5 Å². The highest BCUT2D eigenvalue weighted by Gasteiger charge is 2.04. The van der Waals surface area contributed by atoms with Crippen molar-refractivity contribution in [3.8, 4) is 0 Å². The molecule has 1 aromatic carbocycles. The molecule has 1 heterocycles. The van der Waals surface area contributed by atoms with E-state index in [0.29, 0.717) is 11.9 Å². The van der Waals surface area contributed by atoms with E-state index in [4.69, 9.17) is 0 Å². The number of nitrogens with one attached hydrogen (secondary N) is 2. The highest BCUT2D eigenvalue weighted by molar-refractivity contribution is 5.59. The van der Waals surface area contributed by atoms with E-state index in [-0.39, 0.29) is 0 Å². The molecule has 0 amide bonds. The number of rotatable bonds is 5. The molecule has 2 N–H and O–H groups in total. The third kappa shape index (κ3) is 4.74. The molecule has 1 aromatic heterocycles. The van der Waals surface area contributed by atoms with Gasteiger partial charge in [0.25, 0.3) is 0 Å². The first-order valence-electron chi connectivity index (χ1n) is 7.37. The van der Waals surface area contributed by atoms with Crippen molar-refractivity contribution < 1.29 is 0 Å². The summed E-state index contributed by atoms with van der Waals surface area (Å²) in [5, 5.41) is 6.63. The van der Waals surface area contributed by atoms with Gasteiger partial charge in [-0.25, -0.2) is 4.98 Å². The second-order valence-electron chi connectivity index (χ2n) is 5.99. The van der Waals surface area contributed by atoms with E-state index >= 15 is 0 Å². The Hall–Kier alpha value is -2.10. The molecule has 0 bridgehead atoms. The monoisotopic (exact) mass is 284 g/mol. The Balaban J connectivity index is 2.19. The number of aryl methyl sites for hydroxylation is 3. The molecule has 4 heteroatoms. The summed E-state index contributed by atoms with van der Waals surface area (Å²) in [7, 11) is 0. The molecule has 0 saturated carbocycles. The van der Waals surface area contributed by atoms with Crippen molar-refractivity contribution in [1.29, 1.82) is 0 Å². The second kappa shape index (κ2) is 6.57. The summed E-state index contributed by atoms with van der Waals surface area (Å²) < 4.78 is 0. The van der Waals surface area contributed by atoms with Crippen LogP contribution in [0.1, 0.15) is 30.7 Å². The average Bonchev–Trinajstić information content (AvgIpc) is 2.34. The highest BCUT2D eigenvalue weighted by Crippen LogP contribution is 2.19. The molecule has 0 radical (unpaired) electrons. The van der Waals surface area contributed by atoms with Gasteiger partial charge in [0.15, 0.2) is 0 Å². The van der Waals surface area contributed by atoms with E-state index in [1.807, 2.05) is 13.0 Å². The summed E-state index contributed by atoms with van der Waals surface area (Å²) in [6.07, 6.45) is 0. The summed E-state index contributed by atoms with van der Waals surface area (Å²) >= 11 is 0. The molecule has 0 aliphatic carbocycles. The Morgan fingerprint density at radius 3 is 2.24 bits per heavy atom. The average molecular weight is 284 g/mol. The summed E-state index contributed by atoms with van der Waals surface area (Å²) in [6.45, 7) is 11.4. The number of aromatic nitrogens is 2. The molecule has 0 aliphatic rings. The van der Waals surface area contributed by atoms with Crippen molar-refractivity contribution in [3.63, 3.8) is 0 Å². The van der Waals surface area contributed by atoms with Gasteiger partial charge in [-0.15, -0.1) is 0 Å². The molecule has 0 aliphatic heterocycles. The van der Waals surface area contributed by atoms with Crippen molar-refractivity contribution in [3.05, 3.63) is 41.1 Å². The lowest BCUT2D eigenvalue weighted by atomic mass is 10.1. The maximum Gasteiger partial charge on any atom is 0.224 e. The van der Waals surface area contributed by atoms with Gasteiger partial charge in [0.05, 0.1) is 0 Å². The summed E-state index contributed by atoms with van der Waals surface area (Å²) in [5.74, 6) is 2.05. The van der Waals surface area contributed by atoms with Gasteiger partial charge in [-0.1, -0.05) is 19.9 Å². The van der Waals surface area contributed by atoms with Gasteiger partial charge in [0.2, 0.25) is 5.95 Å². The fourth-order valence-corrected chi connectivity index (χ4v) is 2.20. The van der Waals surface area contributed by atoms with Crippen LogP contribution in [0.25, 0.3) is 0 Å². The zero-order valence-corrected chi connectivity index (χ0v) is 13.5. The van der Waals surface area contributed by atoms with E-state index in [9.17, 15) is 0 Å². The molecule has 2 rings (SSSR count). The van der Waals surface area contributed by atoms with Crippen LogP contribution >= 0.6 is 0 Å². The van der Waals surface area contributed by atoms with Crippen LogP contribution in [0, 0.1) is 26.7 Å². The van der Waals surface area contributed by atoms with Gasteiger partial charge in [0.1, 0.15) is 5.82 Å². The number of hydrogen-bond acceptors (Lipinski definition) is 4. The summed E-state index contributed by atoms with van der Waals surface area (Å²) in [4.78, 5) is 8.95. The lowest BCUT2D eigenvalue weighted by Crippen LogP contribution is -2.11. The van der Waals surface area contributed by atoms with E-state index in [1.54, 1.807) is 0 Å². The Morgan fingerprint density at radius 1 is 0.952 bits per heavy atom. The molecule has 0 spiro atoms. The molecular weight excluding hydrogens is 260 g/mol. The Bertz CT molecular complexity index is 600. The smallest absolute Gasteiger partial charge is 0.224 e. The Morgan fingerprint density at radius 2 is 1.62 bits per heavy atom. The van der Waals surface area contributed by atoms with Gasteiger partial charge in [-0.3, -0.25) is 0 Å². The van der Waals surface area contributed by atoms with E-state index in [1.165, 1.54) is 11.1 Å². The van der Waals surface area contributed by atoms with Crippen LogP contribution < -0.4 is 10.6 Å². The first-order chi connectivity index (χ1) is 9.92. The second-order valence-corrected chi connectivity index (χ2v) is 5.99. The van der Waals surface area contributed by atoms with Crippen LogP contribution in [0.5, 0.6) is 0 Å². The number of anilines is 3. The third-order valence-electron chi connectivity index (χ3n) is 3.02. The third-order valence-corrected chi connectivity index (χ3v) is 3.02. The van der Waals surface area contributed by atoms with Gasteiger partial charge in [-0.05, 0) is 49.9 Å². The predicted molar refractivity (Wildman–Crippen MR) is 89.3 cm³/mol. The molecule has 4 nitrogen and oxygen atoms in total. The first kappa shape index (κ1) is 15.3. The Kier molecular flexibility index (Phi) is 4.78. The zero-order chi connectivity index (χ0) is 15.4. The van der Waals surface area contributed by atoms with Gasteiger partial charge in [-0.2, -0.15) is 4.98 Å². The van der Waals surface area contributed by atoms with Crippen molar-refractivity contribution in [2.45, 2.75) is 34.6 Å². The van der Waals surface area contributed by atoms with Gasteiger partial charge in [0, 0.05) is 24.0 Å². The van der Waals surface area contributed by atoms with Crippen molar-refractivity contribution in [1.82, 2.24) is 9.97 Å². The number of hydrogen-bond donors (Lipinski definition) is 2. The topological polar surface area (TPSA) is 49.8 Å². The normalized spacial score (nSPS) is 10.8. The van der Waals surface area contributed by atoms with Gasteiger partial charge >= 0.3 is 0 Å². The maximum absolute atomic E-state index is 4.53. The van der Waals surface area contributed by atoms with E-state index in [0.717, 1.165) is 23.7 Å². The van der Waals surface area contributed by atoms with Crippen molar-refractivity contribution in [2.75, 3.05) is 17.2 Å². The summed E-state index contributed by atoms with van der Waals surface area (Å²) in [5.41, 5.74) is 4.48. The molecule has 21 heavy (non-hydrogen) atoms. The highest BCUT2D eigenvalue weighted by atomic mass is 15.1. The van der Waals surface area contributed by atoms with Gasteiger partial charge < -0.3 is 10.6 Å². The van der Waals surface area contributed by atoms with Crippen LogP contribution in [-0.4, -0.2) is 16.5 Å². The molecule has 0 saturated heterocycles. The zero-order valence-electron chi connectivity index (χ0n) is 13.5. The SMILES string of the molecule is Cc1cc(C)cc(Nc2cc(C)nc(NCC(C)C)n2)c1. The number of nitrogens with zero attached hydrogens (tertiary/aromatic N) is 2. The fraction of sp³-hybridized carbons (Fsp3) is 0.412. The maximum atomic E-state index is 4.53. The van der Waals surface area contributed by atoms with Crippen LogP contribution in [0.4, 0.5) is 17.5 Å². The van der Waals surface area contributed by atoms with Crippen LogP contribution in [0.3, 0.4) is 0 Å². The Labute approximate surface area is 127 Å². The van der Waals surface area contributed by atoms with Crippen molar-refractivity contribution in [2.24, 2.45) is 5.92 Å². The lowest BCUT2D eigenvalue weighted by molar-refractivity contribution is 0.684. The molecule has 0 atom stereocenters. The fourth-order valence-electron chi connectivity index (χ4n) is 2.20. The minimum absolute atomic E-state index is 0.560. The molecule has 0 fully saturated rings. The molecule has 0 unspecified atom stereocenters. The summed E-state index contributed by atoms with van der Waals surface area (Å²) in [6, 6.07) is 8.35. The van der Waals surface area contributed by atoms with E-state index < -0.39 is 0 Å². The van der Waals surface area contributed by atoms with Crippen LogP contribution in [-0.2, 0) is 0 Å². The minimum atomic E-state index is 0.560. The number of benzene rings is 1. The van der Waals surface area contributed by atoms with Crippen molar-refractivity contribution >= 4 is 17.5 Å². The molecular formula is C17H24N4. The largest absolute Gasteiger partial charge is 0.354 e. The molecule has 2 aromatic rings. The standard InChI is InChI=1S/C17H24N4/c1-11(2)10-18-17-19-14(5)9-16(21-17)20-15-7-12(3)6-13(4)8-15/h6-9,11H,10H2,1-5H3,(H2,18,19,20,21). The molecule has 112 valence electrons. The minimum Gasteiger partial charge on any atom is -0.354 e.